The SMILES string of the molecule is CCOc1ccc(CN2CCN(C(=O)c3oc4ccccc4c3CSc3ncccn3)CC2)cc1. The molecule has 7 nitrogen and oxygen atoms in total. The van der Waals surface area contributed by atoms with Gasteiger partial charge in [0.2, 0.25) is 0 Å². The van der Waals surface area contributed by atoms with Crippen molar-refractivity contribution in [2.45, 2.75) is 24.4 Å². The summed E-state index contributed by atoms with van der Waals surface area (Å²) >= 11 is 1.51. The molecule has 35 heavy (non-hydrogen) atoms. The standard InChI is InChI=1S/C27H28N4O3S/c1-2-33-21-10-8-20(9-11-21)18-30-14-16-31(17-15-30)26(32)25-23(19-35-27-28-12-5-13-29-27)22-6-3-4-7-24(22)34-25/h3-13H,2,14-19H2,1H3. The van der Waals surface area contributed by atoms with E-state index in [4.69, 9.17) is 9.15 Å². The van der Waals surface area contributed by atoms with E-state index < -0.39 is 0 Å². The number of carbonyl (C=O) groups excluding carboxylic acids is 1. The zero-order chi connectivity index (χ0) is 24.0. The highest BCUT2D eigenvalue weighted by atomic mass is 32.2. The lowest BCUT2D eigenvalue weighted by atomic mass is 10.1. The van der Waals surface area contributed by atoms with Crippen molar-refractivity contribution in [3.05, 3.63) is 83.9 Å². The van der Waals surface area contributed by atoms with Crippen LogP contribution in [0, 0.1) is 0 Å². The minimum atomic E-state index is -0.0495. The second-order valence-electron chi connectivity index (χ2n) is 8.37. The number of aromatic nitrogens is 2. The Kier molecular flexibility index (Phi) is 7.30. The first-order chi connectivity index (χ1) is 17.2. The van der Waals surface area contributed by atoms with Gasteiger partial charge in [-0.15, -0.1) is 0 Å². The van der Waals surface area contributed by atoms with Crippen LogP contribution in [0.15, 0.2) is 76.6 Å². The highest BCUT2D eigenvalue weighted by molar-refractivity contribution is 7.98. The molecule has 0 N–H and O–H groups in total. The number of furan rings is 1. The highest BCUT2D eigenvalue weighted by Crippen LogP contribution is 2.32. The predicted octanol–water partition coefficient (Wildman–Crippen LogP) is 4.87. The summed E-state index contributed by atoms with van der Waals surface area (Å²) in [6.07, 6.45) is 3.45. The van der Waals surface area contributed by atoms with Crippen LogP contribution in [0.25, 0.3) is 11.0 Å². The van der Waals surface area contributed by atoms with Crippen molar-refractivity contribution in [3.8, 4) is 5.75 Å². The number of hydrogen-bond acceptors (Lipinski definition) is 7. The van der Waals surface area contributed by atoms with E-state index >= 15 is 0 Å². The van der Waals surface area contributed by atoms with E-state index in [9.17, 15) is 4.79 Å². The molecule has 1 saturated heterocycles. The van der Waals surface area contributed by atoms with E-state index in [1.54, 1.807) is 18.5 Å². The van der Waals surface area contributed by atoms with Gasteiger partial charge in [0.15, 0.2) is 10.9 Å². The number of para-hydroxylation sites is 1. The first-order valence-electron chi connectivity index (χ1n) is 11.8. The second kappa shape index (κ2) is 10.9. The van der Waals surface area contributed by atoms with Crippen LogP contribution in [-0.2, 0) is 12.3 Å². The van der Waals surface area contributed by atoms with Crippen molar-refractivity contribution in [2.75, 3.05) is 32.8 Å². The van der Waals surface area contributed by atoms with E-state index in [1.807, 2.05) is 48.2 Å². The Labute approximate surface area is 209 Å². The molecule has 0 saturated carbocycles. The van der Waals surface area contributed by atoms with Crippen LogP contribution in [0.3, 0.4) is 0 Å². The average molecular weight is 489 g/mol. The van der Waals surface area contributed by atoms with Crippen LogP contribution in [0.4, 0.5) is 0 Å². The number of fused-ring (bicyclic) bond motifs is 1. The van der Waals surface area contributed by atoms with Gasteiger partial charge in [-0.1, -0.05) is 42.1 Å². The van der Waals surface area contributed by atoms with Gasteiger partial charge < -0.3 is 14.1 Å². The zero-order valence-corrected chi connectivity index (χ0v) is 20.5. The summed E-state index contributed by atoms with van der Waals surface area (Å²) in [6.45, 7) is 6.49. The van der Waals surface area contributed by atoms with Crippen LogP contribution < -0.4 is 4.74 Å². The topological polar surface area (TPSA) is 71.7 Å². The van der Waals surface area contributed by atoms with Gasteiger partial charge in [0.1, 0.15) is 11.3 Å². The number of piperazine rings is 1. The zero-order valence-electron chi connectivity index (χ0n) is 19.7. The molecule has 0 spiro atoms. The first kappa shape index (κ1) is 23.4. The van der Waals surface area contributed by atoms with Crippen molar-refractivity contribution in [1.82, 2.24) is 19.8 Å². The molecular weight excluding hydrogens is 460 g/mol. The van der Waals surface area contributed by atoms with Gasteiger partial charge in [-0.05, 0) is 36.8 Å². The van der Waals surface area contributed by atoms with Crippen LogP contribution in [0.5, 0.6) is 5.75 Å². The third-order valence-electron chi connectivity index (χ3n) is 6.08. The quantitative estimate of drug-likeness (QED) is 0.259. The Balaban J connectivity index is 1.25. The molecular formula is C27H28N4O3S. The van der Waals surface area contributed by atoms with E-state index in [0.29, 0.717) is 36.4 Å². The third kappa shape index (κ3) is 5.49. The summed E-state index contributed by atoms with van der Waals surface area (Å²) in [6, 6.07) is 17.9. The van der Waals surface area contributed by atoms with Gasteiger partial charge >= 0.3 is 0 Å². The molecule has 8 heteroatoms. The highest BCUT2D eigenvalue weighted by Gasteiger charge is 2.28. The molecule has 0 bridgehead atoms. The number of rotatable bonds is 8. The number of carbonyl (C=O) groups is 1. The van der Waals surface area contributed by atoms with Gasteiger partial charge in [0.05, 0.1) is 6.61 Å². The van der Waals surface area contributed by atoms with E-state index in [-0.39, 0.29) is 5.91 Å². The molecule has 0 unspecified atom stereocenters. The van der Waals surface area contributed by atoms with Crippen LogP contribution in [0.2, 0.25) is 0 Å². The monoisotopic (exact) mass is 488 g/mol. The van der Waals surface area contributed by atoms with Gasteiger partial charge in [-0.2, -0.15) is 0 Å². The summed E-state index contributed by atoms with van der Waals surface area (Å²) in [7, 11) is 0. The van der Waals surface area contributed by atoms with Crippen LogP contribution >= 0.6 is 11.8 Å². The lowest BCUT2D eigenvalue weighted by Crippen LogP contribution is -2.48. The number of ether oxygens (including phenoxy) is 1. The molecule has 4 aromatic rings. The number of nitrogens with zero attached hydrogens (tertiary/aromatic N) is 4. The minimum absolute atomic E-state index is 0.0495. The number of amides is 1. The maximum Gasteiger partial charge on any atom is 0.290 e. The van der Waals surface area contributed by atoms with Crippen molar-refractivity contribution in [3.63, 3.8) is 0 Å². The maximum absolute atomic E-state index is 13.5. The summed E-state index contributed by atoms with van der Waals surface area (Å²) in [5.74, 6) is 1.84. The molecule has 5 rings (SSSR count). The molecule has 0 aliphatic carbocycles. The lowest BCUT2D eigenvalue weighted by molar-refractivity contribution is 0.0599. The molecule has 2 aromatic carbocycles. The van der Waals surface area contributed by atoms with Crippen molar-refractivity contribution in [2.24, 2.45) is 0 Å². The number of thioether (sulfide) groups is 1. The third-order valence-corrected chi connectivity index (χ3v) is 6.98. The first-order valence-corrected chi connectivity index (χ1v) is 12.8. The van der Waals surface area contributed by atoms with E-state index in [0.717, 1.165) is 41.9 Å². The van der Waals surface area contributed by atoms with Crippen molar-refractivity contribution in [1.29, 1.82) is 0 Å². The molecule has 1 aliphatic rings. The molecule has 0 radical (unpaired) electrons. The normalized spacial score (nSPS) is 14.4. The Hall–Kier alpha value is -3.36. The van der Waals surface area contributed by atoms with E-state index in [2.05, 4.69) is 27.0 Å². The van der Waals surface area contributed by atoms with Crippen LogP contribution in [-0.4, -0.2) is 58.5 Å². The molecule has 1 amide bonds. The number of benzene rings is 2. The molecule has 3 heterocycles. The van der Waals surface area contributed by atoms with Gasteiger partial charge in [-0.3, -0.25) is 9.69 Å². The predicted molar refractivity (Wildman–Crippen MR) is 137 cm³/mol. The van der Waals surface area contributed by atoms with Gasteiger partial charge in [0.25, 0.3) is 5.91 Å². The molecule has 0 atom stereocenters. The smallest absolute Gasteiger partial charge is 0.290 e. The molecule has 2 aromatic heterocycles. The fourth-order valence-electron chi connectivity index (χ4n) is 4.28. The fourth-order valence-corrected chi connectivity index (χ4v) is 5.11. The Morgan fingerprint density at radius 2 is 1.74 bits per heavy atom. The van der Waals surface area contributed by atoms with Gasteiger partial charge in [0, 0.05) is 61.8 Å². The minimum Gasteiger partial charge on any atom is -0.494 e. The molecule has 1 fully saturated rings. The average Bonchev–Trinajstić information content (AvgIpc) is 3.28. The summed E-state index contributed by atoms with van der Waals surface area (Å²) < 4.78 is 11.6. The molecule has 180 valence electrons. The molecule has 1 aliphatic heterocycles. The van der Waals surface area contributed by atoms with Crippen LogP contribution in [0.1, 0.15) is 28.6 Å². The fraction of sp³-hybridized carbons (Fsp3) is 0.296. The number of hydrogen-bond donors (Lipinski definition) is 0. The van der Waals surface area contributed by atoms with Crippen molar-refractivity contribution >= 4 is 28.6 Å². The second-order valence-corrected chi connectivity index (χ2v) is 9.31. The van der Waals surface area contributed by atoms with Crippen molar-refractivity contribution < 1.29 is 13.9 Å². The van der Waals surface area contributed by atoms with Gasteiger partial charge in [-0.25, -0.2) is 9.97 Å². The largest absolute Gasteiger partial charge is 0.494 e. The lowest BCUT2D eigenvalue weighted by Gasteiger charge is -2.34. The Bertz CT molecular complexity index is 1270. The Morgan fingerprint density at radius 3 is 2.49 bits per heavy atom. The maximum atomic E-state index is 13.5. The Morgan fingerprint density at radius 1 is 1.00 bits per heavy atom. The summed E-state index contributed by atoms with van der Waals surface area (Å²) in [4.78, 5) is 26.4. The summed E-state index contributed by atoms with van der Waals surface area (Å²) in [5.41, 5.74) is 2.88. The summed E-state index contributed by atoms with van der Waals surface area (Å²) in [5, 5.41) is 1.65. The van der Waals surface area contributed by atoms with E-state index in [1.165, 1.54) is 17.3 Å².